The molecule has 0 radical (unpaired) electrons. The fourth-order valence-electron chi connectivity index (χ4n) is 4.92. The third-order valence-corrected chi connectivity index (χ3v) is 8.79. The van der Waals surface area contributed by atoms with Crippen molar-refractivity contribution >= 4 is 21.6 Å². The van der Waals surface area contributed by atoms with E-state index >= 15 is 0 Å². The Hall–Kier alpha value is -2.39. The van der Waals surface area contributed by atoms with Crippen molar-refractivity contribution in [1.29, 1.82) is 0 Å². The summed E-state index contributed by atoms with van der Waals surface area (Å²) in [5.74, 6) is 0.320. The third-order valence-electron chi connectivity index (χ3n) is 6.64. The largest absolute Gasteiger partial charge is 0.365 e. The van der Waals surface area contributed by atoms with Gasteiger partial charge in [-0.2, -0.15) is 4.31 Å². The lowest BCUT2D eigenvalue weighted by atomic mass is 9.95. The van der Waals surface area contributed by atoms with Crippen molar-refractivity contribution in [2.75, 3.05) is 37.6 Å². The molecule has 2 fully saturated rings. The molecular formula is C23H32N4O4S. The number of benzene rings is 1. The molecule has 1 unspecified atom stereocenters. The summed E-state index contributed by atoms with van der Waals surface area (Å²) >= 11 is 0. The van der Waals surface area contributed by atoms with E-state index in [4.69, 9.17) is 4.52 Å². The van der Waals surface area contributed by atoms with Gasteiger partial charge in [0.2, 0.25) is 15.9 Å². The smallest absolute Gasteiger partial charge is 0.248 e. The minimum absolute atomic E-state index is 0.135. The first-order chi connectivity index (χ1) is 15.2. The van der Waals surface area contributed by atoms with Crippen LogP contribution in [0, 0.1) is 26.7 Å². The fraction of sp³-hybridized carbons (Fsp3) is 0.565. The fourth-order valence-corrected chi connectivity index (χ4v) is 6.68. The predicted molar refractivity (Wildman–Crippen MR) is 122 cm³/mol. The molecule has 2 saturated heterocycles. The van der Waals surface area contributed by atoms with Crippen LogP contribution in [-0.2, 0) is 14.8 Å². The Morgan fingerprint density at radius 3 is 2.41 bits per heavy atom. The van der Waals surface area contributed by atoms with Gasteiger partial charge >= 0.3 is 0 Å². The van der Waals surface area contributed by atoms with Crippen LogP contribution in [0.2, 0.25) is 0 Å². The molecule has 3 heterocycles. The molecule has 0 saturated carbocycles. The molecule has 2 aliphatic rings. The Kier molecular flexibility index (Phi) is 6.31. The number of carbonyl (C=O) groups is 1. The van der Waals surface area contributed by atoms with E-state index in [1.54, 1.807) is 13.8 Å². The van der Waals surface area contributed by atoms with Crippen LogP contribution in [0.5, 0.6) is 0 Å². The van der Waals surface area contributed by atoms with Crippen molar-refractivity contribution < 1.29 is 17.7 Å². The highest BCUT2D eigenvalue weighted by Gasteiger charge is 2.37. The molecule has 1 aromatic heterocycles. The zero-order valence-electron chi connectivity index (χ0n) is 19.2. The quantitative estimate of drug-likeness (QED) is 0.697. The van der Waals surface area contributed by atoms with E-state index in [2.05, 4.69) is 48.2 Å². The van der Waals surface area contributed by atoms with E-state index in [-0.39, 0.29) is 22.8 Å². The van der Waals surface area contributed by atoms with Gasteiger partial charge in [0.05, 0.1) is 0 Å². The molecule has 2 aliphatic heterocycles. The van der Waals surface area contributed by atoms with Gasteiger partial charge in [0.1, 0.15) is 10.6 Å². The number of anilines is 1. The van der Waals surface area contributed by atoms with Gasteiger partial charge in [0, 0.05) is 50.4 Å². The van der Waals surface area contributed by atoms with Gasteiger partial charge in [-0.25, -0.2) is 8.42 Å². The van der Waals surface area contributed by atoms with Crippen molar-refractivity contribution in [3.8, 4) is 0 Å². The second-order valence-electron chi connectivity index (χ2n) is 9.00. The zero-order valence-corrected chi connectivity index (χ0v) is 20.1. The summed E-state index contributed by atoms with van der Waals surface area (Å²) in [6.45, 7) is 10.3. The normalized spacial score (nSPS) is 21.2. The molecule has 0 aliphatic carbocycles. The number of hydrogen-bond donors (Lipinski definition) is 0. The Labute approximate surface area is 190 Å². The average Bonchev–Trinajstić information content (AvgIpc) is 3.12. The molecule has 174 valence electrons. The van der Waals surface area contributed by atoms with E-state index in [9.17, 15) is 13.2 Å². The lowest BCUT2D eigenvalue weighted by molar-refractivity contribution is -0.137. The molecular weight excluding hydrogens is 428 g/mol. The second-order valence-corrected chi connectivity index (χ2v) is 10.9. The molecule has 1 atom stereocenters. The molecule has 2 aromatic rings. The molecule has 9 heteroatoms. The Balaban J connectivity index is 1.36. The highest BCUT2D eigenvalue weighted by atomic mass is 32.2. The summed E-state index contributed by atoms with van der Waals surface area (Å²) in [7, 11) is -3.66. The minimum atomic E-state index is -3.66. The van der Waals surface area contributed by atoms with Crippen LogP contribution in [0.4, 0.5) is 5.69 Å². The first-order valence-electron chi connectivity index (χ1n) is 11.2. The first-order valence-corrected chi connectivity index (χ1v) is 12.7. The van der Waals surface area contributed by atoms with Crippen LogP contribution < -0.4 is 4.90 Å². The summed E-state index contributed by atoms with van der Waals surface area (Å²) in [5.41, 5.74) is 2.80. The van der Waals surface area contributed by atoms with Crippen molar-refractivity contribution in [2.24, 2.45) is 5.92 Å². The molecule has 0 N–H and O–H groups in total. The first kappa shape index (κ1) is 22.8. The standard InChI is InChI=1S/C23H32N4O4S/c1-16-6-5-7-21(14-16)27-13-12-25(15-17(27)2)23(28)20-8-10-26(11-9-20)32(29,30)22-18(3)24-31-19(22)4/h5-7,14,17,20H,8-13,15H2,1-4H3. The number of nitrogens with zero attached hydrogens (tertiary/aromatic N) is 4. The SMILES string of the molecule is Cc1cccc(N2CCN(C(=O)C3CCN(S(=O)(=O)c4c(C)noc4C)CC3)CC2C)c1. The van der Waals surface area contributed by atoms with E-state index in [0.717, 1.165) is 6.54 Å². The number of hydrogen-bond acceptors (Lipinski definition) is 6. The van der Waals surface area contributed by atoms with Crippen molar-refractivity contribution in [3.05, 3.63) is 41.3 Å². The topological polar surface area (TPSA) is 87.0 Å². The van der Waals surface area contributed by atoms with E-state index in [1.165, 1.54) is 15.6 Å². The third kappa shape index (κ3) is 4.28. The lowest BCUT2D eigenvalue weighted by Crippen LogP contribution is -2.55. The van der Waals surface area contributed by atoms with Crippen LogP contribution in [0.1, 0.15) is 36.8 Å². The van der Waals surface area contributed by atoms with Crippen molar-refractivity contribution in [2.45, 2.75) is 51.5 Å². The number of carbonyl (C=O) groups excluding carboxylic acids is 1. The summed E-state index contributed by atoms with van der Waals surface area (Å²) in [6.07, 6.45) is 1.07. The number of piperazine rings is 1. The number of amides is 1. The van der Waals surface area contributed by atoms with Crippen molar-refractivity contribution in [1.82, 2.24) is 14.4 Å². The van der Waals surface area contributed by atoms with Crippen LogP contribution in [0.25, 0.3) is 0 Å². The summed E-state index contributed by atoms with van der Waals surface area (Å²) in [6, 6.07) is 8.69. The second kappa shape index (κ2) is 8.86. The van der Waals surface area contributed by atoms with Crippen LogP contribution in [0.3, 0.4) is 0 Å². The predicted octanol–water partition coefficient (Wildman–Crippen LogP) is 2.74. The Morgan fingerprint density at radius 1 is 1.09 bits per heavy atom. The van der Waals surface area contributed by atoms with Crippen LogP contribution in [-0.4, -0.2) is 67.5 Å². The molecule has 0 spiro atoms. The monoisotopic (exact) mass is 460 g/mol. The van der Waals surface area contributed by atoms with E-state index < -0.39 is 10.0 Å². The maximum Gasteiger partial charge on any atom is 0.248 e. The van der Waals surface area contributed by atoms with Gasteiger partial charge in [0.25, 0.3) is 0 Å². The molecule has 4 rings (SSSR count). The van der Waals surface area contributed by atoms with Crippen molar-refractivity contribution in [3.63, 3.8) is 0 Å². The number of sulfonamides is 1. The highest BCUT2D eigenvalue weighted by molar-refractivity contribution is 7.89. The van der Waals surface area contributed by atoms with Gasteiger partial charge in [0.15, 0.2) is 5.76 Å². The molecule has 0 bridgehead atoms. The minimum Gasteiger partial charge on any atom is -0.365 e. The molecule has 1 aromatic carbocycles. The molecule has 1 amide bonds. The van der Waals surface area contributed by atoms with Gasteiger partial charge in [-0.15, -0.1) is 0 Å². The summed E-state index contributed by atoms with van der Waals surface area (Å²) < 4.78 is 32.6. The van der Waals surface area contributed by atoms with Gasteiger partial charge in [-0.05, 0) is 58.2 Å². The van der Waals surface area contributed by atoms with Gasteiger partial charge in [-0.1, -0.05) is 17.3 Å². The lowest BCUT2D eigenvalue weighted by Gasteiger charge is -2.43. The number of rotatable bonds is 4. The number of aryl methyl sites for hydroxylation is 3. The molecule has 32 heavy (non-hydrogen) atoms. The number of piperidine rings is 1. The molecule has 8 nitrogen and oxygen atoms in total. The summed E-state index contributed by atoms with van der Waals surface area (Å²) in [4.78, 5) is 17.7. The number of aromatic nitrogens is 1. The van der Waals surface area contributed by atoms with Gasteiger partial charge < -0.3 is 14.3 Å². The Morgan fingerprint density at radius 2 is 1.81 bits per heavy atom. The summed E-state index contributed by atoms with van der Waals surface area (Å²) in [5, 5.41) is 3.78. The maximum absolute atomic E-state index is 13.2. The maximum atomic E-state index is 13.2. The van der Waals surface area contributed by atoms with Gasteiger partial charge in [-0.3, -0.25) is 4.79 Å². The van der Waals surface area contributed by atoms with E-state index in [1.807, 2.05) is 4.90 Å². The average molecular weight is 461 g/mol. The Bertz CT molecular complexity index is 1070. The highest BCUT2D eigenvalue weighted by Crippen LogP contribution is 2.29. The zero-order chi connectivity index (χ0) is 23.0. The van der Waals surface area contributed by atoms with Crippen LogP contribution in [0.15, 0.2) is 33.7 Å². The van der Waals surface area contributed by atoms with E-state index in [0.29, 0.717) is 50.5 Å². The van der Waals surface area contributed by atoms with Crippen LogP contribution >= 0.6 is 0 Å².